The SMILES string of the molecule is C=C(c1cnc(NC2CCOCC2)nc1)C(F)(F)F. The fourth-order valence-electron chi connectivity index (χ4n) is 1.75. The molecule has 1 fully saturated rings. The minimum atomic E-state index is -4.46. The van der Waals surface area contributed by atoms with Crippen molar-refractivity contribution in [3.05, 3.63) is 24.5 Å². The molecule has 1 aromatic rings. The molecule has 19 heavy (non-hydrogen) atoms. The lowest BCUT2D eigenvalue weighted by Crippen LogP contribution is -2.28. The number of anilines is 1. The number of allylic oxidation sites excluding steroid dienone is 1. The molecule has 0 amide bonds. The minimum absolute atomic E-state index is 0.120. The van der Waals surface area contributed by atoms with Gasteiger partial charge in [0.25, 0.3) is 0 Å². The zero-order valence-electron chi connectivity index (χ0n) is 10.2. The van der Waals surface area contributed by atoms with Gasteiger partial charge < -0.3 is 10.1 Å². The van der Waals surface area contributed by atoms with Gasteiger partial charge in [-0.3, -0.25) is 0 Å². The summed E-state index contributed by atoms with van der Waals surface area (Å²) in [6, 6.07) is 0.199. The number of nitrogens with zero attached hydrogens (tertiary/aromatic N) is 2. The molecule has 2 rings (SSSR count). The number of hydrogen-bond donors (Lipinski definition) is 1. The average Bonchev–Trinajstić information content (AvgIpc) is 2.39. The Morgan fingerprint density at radius 1 is 1.26 bits per heavy atom. The van der Waals surface area contributed by atoms with Crippen molar-refractivity contribution in [1.82, 2.24) is 9.97 Å². The molecular weight excluding hydrogens is 259 g/mol. The molecule has 0 radical (unpaired) electrons. The van der Waals surface area contributed by atoms with Crippen LogP contribution in [0.5, 0.6) is 0 Å². The maximum Gasteiger partial charge on any atom is 0.416 e. The van der Waals surface area contributed by atoms with Crippen molar-refractivity contribution >= 4 is 11.5 Å². The van der Waals surface area contributed by atoms with Crippen molar-refractivity contribution in [2.45, 2.75) is 25.1 Å². The summed E-state index contributed by atoms with van der Waals surface area (Å²) in [6.07, 6.45) is -0.533. The minimum Gasteiger partial charge on any atom is -0.381 e. The summed E-state index contributed by atoms with van der Waals surface area (Å²) in [5.41, 5.74) is -1.06. The first-order valence-corrected chi connectivity index (χ1v) is 5.89. The van der Waals surface area contributed by atoms with Gasteiger partial charge in [-0.15, -0.1) is 0 Å². The van der Waals surface area contributed by atoms with E-state index in [0.29, 0.717) is 19.2 Å². The zero-order valence-corrected chi connectivity index (χ0v) is 10.2. The van der Waals surface area contributed by atoms with Gasteiger partial charge in [0.1, 0.15) is 0 Å². The Balaban J connectivity index is 2.00. The number of aromatic nitrogens is 2. The summed E-state index contributed by atoms with van der Waals surface area (Å²) in [6.45, 7) is 4.33. The van der Waals surface area contributed by atoms with Gasteiger partial charge in [-0.25, -0.2) is 9.97 Å². The van der Waals surface area contributed by atoms with E-state index < -0.39 is 11.7 Å². The number of rotatable bonds is 3. The second-order valence-electron chi connectivity index (χ2n) is 4.30. The molecule has 4 nitrogen and oxygen atoms in total. The Labute approximate surface area is 108 Å². The number of ether oxygens (including phenoxy) is 1. The molecule has 0 atom stereocenters. The second kappa shape index (κ2) is 5.56. The Hall–Kier alpha value is -1.63. The first-order chi connectivity index (χ1) is 8.97. The number of halogens is 3. The van der Waals surface area contributed by atoms with Crippen molar-refractivity contribution in [1.29, 1.82) is 0 Å². The Morgan fingerprint density at radius 3 is 2.37 bits per heavy atom. The van der Waals surface area contributed by atoms with Crippen molar-refractivity contribution in [3.8, 4) is 0 Å². The van der Waals surface area contributed by atoms with Gasteiger partial charge in [0.05, 0.1) is 5.57 Å². The Kier molecular flexibility index (Phi) is 4.04. The third-order valence-corrected chi connectivity index (χ3v) is 2.90. The van der Waals surface area contributed by atoms with Crippen LogP contribution in [0.1, 0.15) is 18.4 Å². The van der Waals surface area contributed by atoms with Crippen LogP contribution in [0, 0.1) is 0 Å². The van der Waals surface area contributed by atoms with Crippen LogP contribution in [0.2, 0.25) is 0 Å². The van der Waals surface area contributed by atoms with Crippen LogP contribution in [0.4, 0.5) is 19.1 Å². The molecule has 1 N–H and O–H groups in total. The molecule has 0 spiro atoms. The van der Waals surface area contributed by atoms with Crippen LogP contribution >= 0.6 is 0 Å². The summed E-state index contributed by atoms with van der Waals surface area (Å²) < 4.78 is 42.5. The molecule has 0 bridgehead atoms. The van der Waals surface area contributed by atoms with Crippen molar-refractivity contribution in [3.63, 3.8) is 0 Å². The zero-order chi connectivity index (χ0) is 13.9. The summed E-state index contributed by atoms with van der Waals surface area (Å²) in [5, 5.41) is 3.07. The lowest BCUT2D eigenvalue weighted by molar-refractivity contribution is -0.0687. The van der Waals surface area contributed by atoms with Gasteiger partial charge in [-0.1, -0.05) is 6.58 Å². The predicted octanol–water partition coefficient (Wildman–Crippen LogP) is 2.64. The molecule has 1 aliphatic heterocycles. The van der Waals surface area contributed by atoms with Gasteiger partial charge >= 0.3 is 6.18 Å². The molecule has 7 heteroatoms. The van der Waals surface area contributed by atoms with E-state index in [4.69, 9.17) is 4.74 Å². The standard InChI is InChI=1S/C12H14F3N3O/c1-8(12(13,14)15)9-6-16-11(17-7-9)18-10-2-4-19-5-3-10/h6-7,10H,1-5H2,(H,16,17,18). The van der Waals surface area contributed by atoms with Gasteiger partial charge in [-0.2, -0.15) is 13.2 Å². The molecule has 1 aliphatic rings. The Bertz CT molecular complexity index is 439. The van der Waals surface area contributed by atoms with E-state index in [1.807, 2.05) is 0 Å². The van der Waals surface area contributed by atoms with Crippen molar-refractivity contribution in [2.75, 3.05) is 18.5 Å². The van der Waals surface area contributed by atoms with Gasteiger partial charge in [0.15, 0.2) is 0 Å². The van der Waals surface area contributed by atoms with E-state index in [9.17, 15) is 13.2 Å². The van der Waals surface area contributed by atoms with E-state index in [1.165, 1.54) is 0 Å². The largest absolute Gasteiger partial charge is 0.416 e. The van der Waals surface area contributed by atoms with E-state index in [0.717, 1.165) is 25.2 Å². The van der Waals surface area contributed by atoms with Crippen LogP contribution < -0.4 is 5.32 Å². The van der Waals surface area contributed by atoms with Crippen LogP contribution in [0.15, 0.2) is 19.0 Å². The molecule has 104 valence electrons. The molecule has 0 unspecified atom stereocenters. The molecule has 1 aromatic heterocycles. The number of hydrogen-bond acceptors (Lipinski definition) is 4. The first-order valence-electron chi connectivity index (χ1n) is 5.89. The van der Waals surface area contributed by atoms with Crippen molar-refractivity contribution < 1.29 is 17.9 Å². The van der Waals surface area contributed by atoms with Gasteiger partial charge in [0.2, 0.25) is 5.95 Å². The maximum absolute atomic E-state index is 12.4. The quantitative estimate of drug-likeness (QED) is 0.919. The first kappa shape index (κ1) is 13.8. The van der Waals surface area contributed by atoms with Crippen LogP contribution in [0.3, 0.4) is 0 Å². The third-order valence-electron chi connectivity index (χ3n) is 2.90. The lowest BCUT2D eigenvalue weighted by Gasteiger charge is -2.23. The summed E-state index contributed by atoms with van der Waals surface area (Å²) >= 11 is 0. The van der Waals surface area contributed by atoms with E-state index in [1.54, 1.807) is 0 Å². The van der Waals surface area contributed by atoms with Crippen LogP contribution in [-0.4, -0.2) is 35.4 Å². The number of alkyl halides is 3. The van der Waals surface area contributed by atoms with E-state index in [2.05, 4.69) is 21.9 Å². The summed E-state index contributed by atoms with van der Waals surface area (Å²) in [7, 11) is 0. The fourth-order valence-corrected chi connectivity index (χ4v) is 1.75. The highest BCUT2D eigenvalue weighted by Crippen LogP contribution is 2.31. The van der Waals surface area contributed by atoms with Gasteiger partial charge in [-0.05, 0) is 12.8 Å². The highest BCUT2D eigenvalue weighted by molar-refractivity contribution is 5.66. The molecular formula is C12H14F3N3O. The molecule has 0 aliphatic carbocycles. The lowest BCUT2D eigenvalue weighted by atomic mass is 10.1. The van der Waals surface area contributed by atoms with E-state index >= 15 is 0 Å². The molecule has 2 heterocycles. The predicted molar refractivity (Wildman–Crippen MR) is 64.6 cm³/mol. The average molecular weight is 273 g/mol. The monoisotopic (exact) mass is 273 g/mol. The third kappa shape index (κ3) is 3.66. The van der Waals surface area contributed by atoms with Crippen LogP contribution in [0.25, 0.3) is 5.57 Å². The highest BCUT2D eigenvalue weighted by atomic mass is 19.4. The molecule has 1 saturated heterocycles. The molecule has 0 aromatic carbocycles. The van der Waals surface area contributed by atoms with Crippen LogP contribution in [-0.2, 0) is 4.74 Å². The topological polar surface area (TPSA) is 47.0 Å². The summed E-state index contributed by atoms with van der Waals surface area (Å²) in [5.74, 6) is 0.325. The molecule has 0 saturated carbocycles. The summed E-state index contributed by atoms with van der Waals surface area (Å²) in [4.78, 5) is 7.77. The smallest absolute Gasteiger partial charge is 0.381 e. The fraction of sp³-hybridized carbons (Fsp3) is 0.500. The maximum atomic E-state index is 12.4. The Morgan fingerprint density at radius 2 is 1.84 bits per heavy atom. The second-order valence-corrected chi connectivity index (χ2v) is 4.30. The number of nitrogens with one attached hydrogen (secondary N) is 1. The van der Waals surface area contributed by atoms with E-state index in [-0.39, 0.29) is 11.6 Å². The van der Waals surface area contributed by atoms with Crippen molar-refractivity contribution in [2.24, 2.45) is 0 Å². The normalized spacial score (nSPS) is 17.2. The highest BCUT2D eigenvalue weighted by Gasteiger charge is 2.33. The van der Waals surface area contributed by atoms with Gasteiger partial charge in [0, 0.05) is 37.2 Å².